The minimum Gasteiger partial charge on any atom is -0.465 e. The molecule has 1 unspecified atom stereocenters. The maximum Gasteiger partial charge on any atom is 0.309 e. The summed E-state index contributed by atoms with van der Waals surface area (Å²) in [5.41, 5.74) is 0. The van der Waals surface area contributed by atoms with Crippen LogP contribution in [0.4, 0.5) is 0 Å². The Morgan fingerprint density at radius 3 is 2.58 bits per heavy atom. The van der Waals surface area contributed by atoms with Crippen LogP contribution in [-0.4, -0.2) is 18.3 Å². The number of hydrogen-bond acceptors (Lipinski definition) is 3. The van der Waals surface area contributed by atoms with Gasteiger partial charge in [-0.25, -0.2) is 0 Å². The second-order valence-corrected chi connectivity index (χ2v) is 3.17. The number of rotatable bonds is 6. The van der Waals surface area contributed by atoms with Gasteiger partial charge in [-0.05, 0) is 12.8 Å². The Labute approximate surface area is 80.1 Å². The zero-order chi connectivity index (χ0) is 9.40. The number of carbonyl (C=O) groups excluding carboxylic acids is 1. The summed E-state index contributed by atoms with van der Waals surface area (Å²) in [4.78, 5) is 11.2. The third-order valence-corrected chi connectivity index (χ3v) is 2.23. The van der Waals surface area contributed by atoms with Gasteiger partial charge in [0.25, 0.3) is 0 Å². The number of ether oxygens (including phenoxy) is 1. The molecule has 0 aromatic carbocycles. The minimum atomic E-state index is -0.0963. The Kier molecular flexibility index (Phi) is 7.36. The molecule has 0 aliphatic heterocycles. The van der Waals surface area contributed by atoms with Crippen LogP contribution in [0.3, 0.4) is 0 Å². The SMILES string of the molecule is CCCCOC(=O)C(CC)CS. The molecule has 0 heterocycles. The summed E-state index contributed by atoms with van der Waals surface area (Å²) < 4.78 is 5.04. The molecule has 1 atom stereocenters. The smallest absolute Gasteiger partial charge is 0.309 e. The van der Waals surface area contributed by atoms with Crippen molar-refractivity contribution < 1.29 is 9.53 Å². The van der Waals surface area contributed by atoms with Gasteiger partial charge in [-0.3, -0.25) is 4.79 Å². The standard InChI is InChI=1S/C9H18O2S/c1-3-5-6-11-9(10)8(4-2)7-12/h8,12H,3-7H2,1-2H3. The molecule has 0 fully saturated rings. The van der Waals surface area contributed by atoms with Gasteiger partial charge in [-0.1, -0.05) is 20.3 Å². The van der Waals surface area contributed by atoms with Crippen LogP contribution in [0.1, 0.15) is 33.1 Å². The molecule has 0 saturated carbocycles. The predicted molar refractivity (Wildman–Crippen MR) is 53.5 cm³/mol. The molecule has 72 valence electrons. The fourth-order valence-corrected chi connectivity index (χ4v) is 1.21. The van der Waals surface area contributed by atoms with Crippen molar-refractivity contribution >= 4 is 18.6 Å². The summed E-state index contributed by atoms with van der Waals surface area (Å²) in [7, 11) is 0. The maximum absolute atomic E-state index is 11.2. The van der Waals surface area contributed by atoms with Crippen LogP contribution >= 0.6 is 12.6 Å². The first-order chi connectivity index (χ1) is 5.76. The molecular formula is C9H18O2S. The molecular weight excluding hydrogens is 172 g/mol. The monoisotopic (exact) mass is 190 g/mol. The van der Waals surface area contributed by atoms with Crippen LogP contribution in [0.25, 0.3) is 0 Å². The summed E-state index contributed by atoms with van der Waals surface area (Å²) >= 11 is 4.08. The van der Waals surface area contributed by atoms with Crippen molar-refractivity contribution in [2.75, 3.05) is 12.4 Å². The van der Waals surface area contributed by atoms with E-state index >= 15 is 0 Å². The average Bonchev–Trinajstić information content (AvgIpc) is 2.07. The molecule has 0 aromatic heterocycles. The minimum absolute atomic E-state index is 0.0230. The first kappa shape index (κ1) is 11.8. The van der Waals surface area contributed by atoms with E-state index in [-0.39, 0.29) is 11.9 Å². The highest BCUT2D eigenvalue weighted by atomic mass is 32.1. The van der Waals surface area contributed by atoms with E-state index in [9.17, 15) is 4.79 Å². The number of carbonyl (C=O) groups is 1. The van der Waals surface area contributed by atoms with E-state index in [4.69, 9.17) is 4.74 Å². The van der Waals surface area contributed by atoms with Crippen LogP contribution in [-0.2, 0) is 9.53 Å². The molecule has 0 spiro atoms. The van der Waals surface area contributed by atoms with E-state index in [1.807, 2.05) is 6.92 Å². The number of thiol groups is 1. The molecule has 0 bridgehead atoms. The topological polar surface area (TPSA) is 26.3 Å². The predicted octanol–water partition coefficient (Wildman–Crippen LogP) is 2.29. The van der Waals surface area contributed by atoms with Gasteiger partial charge in [0.1, 0.15) is 0 Å². The molecule has 3 heteroatoms. The van der Waals surface area contributed by atoms with Crippen molar-refractivity contribution in [3.8, 4) is 0 Å². The van der Waals surface area contributed by atoms with Gasteiger partial charge in [0.05, 0.1) is 12.5 Å². The van der Waals surface area contributed by atoms with E-state index in [1.54, 1.807) is 0 Å². The fourth-order valence-electron chi connectivity index (χ4n) is 0.805. The second kappa shape index (κ2) is 7.47. The number of esters is 1. The highest BCUT2D eigenvalue weighted by Gasteiger charge is 2.15. The Morgan fingerprint density at radius 1 is 1.50 bits per heavy atom. The van der Waals surface area contributed by atoms with Crippen molar-refractivity contribution in [2.24, 2.45) is 5.92 Å². The van der Waals surface area contributed by atoms with Crippen molar-refractivity contribution in [2.45, 2.75) is 33.1 Å². The molecule has 0 aromatic rings. The zero-order valence-corrected chi connectivity index (χ0v) is 8.77. The highest BCUT2D eigenvalue weighted by molar-refractivity contribution is 7.80. The normalized spacial score (nSPS) is 12.6. The Balaban J connectivity index is 3.54. The van der Waals surface area contributed by atoms with Gasteiger partial charge in [-0.15, -0.1) is 0 Å². The van der Waals surface area contributed by atoms with Crippen molar-refractivity contribution in [1.29, 1.82) is 0 Å². The van der Waals surface area contributed by atoms with E-state index in [0.29, 0.717) is 12.4 Å². The lowest BCUT2D eigenvalue weighted by Crippen LogP contribution is -2.18. The van der Waals surface area contributed by atoms with Crippen molar-refractivity contribution in [1.82, 2.24) is 0 Å². The zero-order valence-electron chi connectivity index (χ0n) is 7.88. The Morgan fingerprint density at radius 2 is 2.17 bits per heavy atom. The lowest BCUT2D eigenvalue weighted by molar-refractivity contribution is -0.147. The van der Waals surface area contributed by atoms with Crippen molar-refractivity contribution in [3.05, 3.63) is 0 Å². The van der Waals surface area contributed by atoms with Crippen LogP contribution in [0, 0.1) is 5.92 Å². The Hall–Kier alpha value is -0.180. The molecule has 2 nitrogen and oxygen atoms in total. The van der Waals surface area contributed by atoms with Crippen LogP contribution in [0.15, 0.2) is 0 Å². The molecule has 0 radical (unpaired) electrons. The number of hydrogen-bond donors (Lipinski definition) is 1. The number of unbranched alkanes of at least 4 members (excludes halogenated alkanes) is 1. The Bertz CT molecular complexity index is 122. The molecule has 12 heavy (non-hydrogen) atoms. The molecule has 0 saturated heterocycles. The van der Waals surface area contributed by atoms with E-state index in [2.05, 4.69) is 19.6 Å². The van der Waals surface area contributed by atoms with E-state index < -0.39 is 0 Å². The lowest BCUT2D eigenvalue weighted by Gasteiger charge is -2.10. The van der Waals surface area contributed by atoms with E-state index in [1.165, 1.54) is 0 Å². The van der Waals surface area contributed by atoms with E-state index in [0.717, 1.165) is 19.3 Å². The van der Waals surface area contributed by atoms with Gasteiger partial charge >= 0.3 is 5.97 Å². The molecule has 0 aliphatic carbocycles. The third kappa shape index (κ3) is 4.65. The summed E-state index contributed by atoms with van der Waals surface area (Å²) in [5, 5.41) is 0. The third-order valence-electron chi connectivity index (χ3n) is 1.79. The average molecular weight is 190 g/mol. The first-order valence-electron chi connectivity index (χ1n) is 4.53. The first-order valence-corrected chi connectivity index (χ1v) is 5.16. The van der Waals surface area contributed by atoms with Gasteiger partial charge in [0.15, 0.2) is 0 Å². The summed E-state index contributed by atoms with van der Waals surface area (Å²) in [6, 6.07) is 0. The molecule has 0 aliphatic rings. The molecule has 0 N–H and O–H groups in total. The van der Waals surface area contributed by atoms with Crippen LogP contribution in [0.2, 0.25) is 0 Å². The summed E-state index contributed by atoms with van der Waals surface area (Å²) in [6.07, 6.45) is 2.83. The molecule has 0 rings (SSSR count). The van der Waals surface area contributed by atoms with Gasteiger partial charge in [0.2, 0.25) is 0 Å². The quantitative estimate of drug-likeness (QED) is 0.395. The second-order valence-electron chi connectivity index (χ2n) is 2.81. The van der Waals surface area contributed by atoms with Crippen LogP contribution in [0.5, 0.6) is 0 Å². The van der Waals surface area contributed by atoms with Gasteiger partial charge < -0.3 is 4.74 Å². The summed E-state index contributed by atoms with van der Waals surface area (Å²) in [6.45, 7) is 4.60. The fraction of sp³-hybridized carbons (Fsp3) is 0.889. The summed E-state index contributed by atoms with van der Waals surface area (Å²) in [5.74, 6) is 0.465. The van der Waals surface area contributed by atoms with Crippen LogP contribution < -0.4 is 0 Å². The van der Waals surface area contributed by atoms with Gasteiger partial charge in [-0.2, -0.15) is 12.6 Å². The van der Waals surface area contributed by atoms with Crippen molar-refractivity contribution in [3.63, 3.8) is 0 Å². The lowest BCUT2D eigenvalue weighted by atomic mass is 10.1. The molecule has 0 amide bonds. The maximum atomic E-state index is 11.2. The van der Waals surface area contributed by atoms with Gasteiger partial charge in [0, 0.05) is 5.75 Å². The highest BCUT2D eigenvalue weighted by Crippen LogP contribution is 2.07. The largest absolute Gasteiger partial charge is 0.465 e.